The minimum atomic E-state index is 0.0501. The zero-order valence-corrected chi connectivity index (χ0v) is 13.9. The van der Waals surface area contributed by atoms with E-state index >= 15 is 0 Å². The van der Waals surface area contributed by atoms with Crippen LogP contribution in [-0.4, -0.2) is 25.5 Å². The Kier molecular flexibility index (Phi) is 5.19. The number of carbonyl (C=O) groups is 1. The molecule has 1 N–H and O–H groups in total. The largest absolute Gasteiger partial charge is 0.371 e. The van der Waals surface area contributed by atoms with Crippen LogP contribution in [0.25, 0.3) is 0 Å². The molecular formula is C19H21ClN2O. The lowest BCUT2D eigenvalue weighted by atomic mass is 10.1. The Bertz CT molecular complexity index is 687. The van der Waals surface area contributed by atoms with Gasteiger partial charge in [-0.3, -0.25) is 4.79 Å². The lowest BCUT2D eigenvalue weighted by molar-refractivity contribution is -0.120. The summed E-state index contributed by atoms with van der Waals surface area (Å²) in [5.41, 5.74) is 3.72. The molecule has 1 aliphatic rings. The number of benzene rings is 2. The maximum atomic E-state index is 12.0. The monoisotopic (exact) mass is 328 g/mol. The fourth-order valence-electron chi connectivity index (χ4n) is 3.03. The lowest BCUT2D eigenvalue weighted by Gasteiger charge is -2.19. The number of hydrogen-bond acceptors (Lipinski definition) is 2. The molecule has 0 saturated carbocycles. The predicted molar refractivity (Wildman–Crippen MR) is 95.1 cm³/mol. The molecule has 120 valence electrons. The number of halogens is 1. The van der Waals surface area contributed by atoms with E-state index in [0.717, 1.165) is 31.5 Å². The summed E-state index contributed by atoms with van der Waals surface area (Å²) in [4.78, 5) is 14.4. The number of rotatable bonds is 6. The van der Waals surface area contributed by atoms with Crippen molar-refractivity contribution in [2.24, 2.45) is 0 Å². The molecule has 2 aromatic rings. The minimum absolute atomic E-state index is 0.0501. The molecular weight excluding hydrogens is 308 g/mol. The van der Waals surface area contributed by atoms with E-state index in [9.17, 15) is 4.79 Å². The summed E-state index contributed by atoms with van der Waals surface area (Å²) in [5, 5.41) is 3.66. The summed E-state index contributed by atoms with van der Waals surface area (Å²) < 4.78 is 0. The second-order valence-corrected chi connectivity index (χ2v) is 6.31. The lowest BCUT2D eigenvalue weighted by Crippen LogP contribution is -2.30. The number of carbonyl (C=O) groups excluding carboxylic acids is 1. The van der Waals surface area contributed by atoms with Crippen LogP contribution in [0.15, 0.2) is 48.5 Å². The van der Waals surface area contributed by atoms with Crippen molar-refractivity contribution in [1.82, 2.24) is 5.32 Å². The van der Waals surface area contributed by atoms with E-state index in [4.69, 9.17) is 11.6 Å². The van der Waals surface area contributed by atoms with Crippen LogP contribution in [0.3, 0.4) is 0 Å². The summed E-state index contributed by atoms with van der Waals surface area (Å²) in [5.74, 6) is 0.0501. The van der Waals surface area contributed by atoms with Gasteiger partial charge in [0.15, 0.2) is 0 Å². The Balaban J connectivity index is 1.40. The summed E-state index contributed by atoms with van der Waals surface area (Å²) in [6.45, 7) is 2.77. The van der Waals surface area contributed by atoms with E-state index in [1.54, 1.807) is 0 Å². The van der Waals surface area contributed by atoms with E-state index < -0.39 is 0 Å². The molecule has 0 atom stereocenters. The highest BCUT2D eigenvalue weighted by atomic mass is 35.5. The Morgan fingerprint density at radius 1 is 1.17 bits per heavy atom. The first kappa shape index (κ1) is 15.9. The molecule has 23 heavy (non-hydrogen) atoms. The zero-order valence-electron chi connectivity index (χ0n) is 13.1. The van der Waals surface area contributed by atoms with Gasteiger partial charge in [0.2, 0.25) is 5.91 Å². The van der Waals surface area contributed by atoms with Crippen LogP contribution in [-0.2, 0) is 17.6 Å². The Morgan fingerprint density at radius 2 is 2.04 bits per heavy atom. The standard InChI is InChI=1S/C19H21ClN2O/c20-17-7-3-5-15(13-17)14-19(23)21-10-4-11-22-12-9-16-6-1-2-8-18(16)22/h1-3,5-8,13H,4,9-12,14H2,(H,21,23). The second kappa shape index (κ2) is 7.51. The molecule has 1 heterocycles. The molecule has 0 fully saturated rings. The van der Waals surface area contributed by atoms with Crippen molar-refractivity contribution in [2.75, 3.05) is 24.5 Å². The molecule has 4 heteroatoms. The van der Waals surface area contributed by atoms with Crippen LogP contribution in [0.5, 0.6) is 0 Å². The quantitative estimate of drug-likeness (QED) is 0.824. The first-order valence-electron chi connectivity index (χ1n) is 8.06. The van der Waals surface area contributed by atoms with Gasteiger partial charge in [-0.2, -0.15) is 0 Å². The molecule has 0 radical (unpaired) electrons. The molecule has 0 saturated heterocycles. The number of nitrogens with zero attached hydrogens (tertiary/aromatic N) is 1. The third-order valence-corrected chi connectivity index (χ3v) is 4.40. The van der Waals surface area contributed by atoms with E-state index in [1.165, 1.54) is 11.3 Å². The van der Waals surface area contributed by atoms with Gasteiger partial charge < -0.3 is 10.2 Å². The fraction of sp³-hybridized carbons (Fsp3) is 0.316. The molecule has 3 nitrogen and oxygen atoms in total. The van der Waals surface area contributed by atoms with E-state index in [1.807, 2.05) is 24.3 Å². The Hall–Kier alpha value is -2.00. The molecule has 0 aromatic heterocycles. The summed E-state index contributed by atoms with van der Waals surface area (Å²) in [6, 6.07) is 16.0. The number of amides is 1. The zero-order chi connectivity index (χ0) is 16.1. The van der Waals surface area contributed by atoms with Crippen LogP contribution in [0, 0.1) is 0 Å². The number of para-hydroxylation sites is 1. The van der Waals surface area contributed by atoms with Gasteiger partial charge in [-0.1, -0.05) is 41.9 Å². The van der Waals surface area contributed by atoms with E-state index in [0.29, 0.717) is 18.0 Å². The van der Waals surface area contributed by atoms with Crippen LogP contribution < -0.4 is 10.2 Å². The summed E-state index contributed by atoms with van der Waals surface area (Å²) in [7, 11) is 0. The number of nitrogens with one attached hydrogen (secondary N) is 1. The van der Waals surface area contributed by atoms with Gasteiger partial charge in [-0.05, 0) is 42.2 Å². The van der Waals surface area contributed by atoms with E-state index in [-0.39, 0.29) is 5.91 Å². The van der Waals surface area contributed by atoms with Gasteiger partial charge in [0.25, 0.3) is 0 Å². The van der Waals surface area contributed by atoms with Crippen molar-refractivity contribution >= 4 is 23.2 Å². The van der Waals surface area contributed by atoms with Crippen molar-refractivity contribution in [3.8, 4) is 0 Å². The van der Waals surface area contributed by atoms with Crippen LogP contribution in [0.4, 0.5) is 5.69 Å². The molecule has 0 bridgehead atoms. The van der Waals surface area contributed by atoms with Crippen molar-refractivity contribution in [1.29, 1.82) is 0 Å². The first-order valence-corrected chi connectivity index (χ1v) is 8.44. The van der Waals surface area contributed by atoms with Gasteiger partial charge in [0.05, 0.1) is 6.42 Å². The molecule has 1 aliphatic heterocycles. The molecule has 0 unspecified atom stereocenters. The summed E-state index contributed by atoms with van der Waals surface area (Å²) in [6.07, 6.45) is 2.46. The normalized spacial score (nSPS) is 13.0. The Morgan fingerprint density at radius 3 is 2.91 bits per heavy atom. The van der Waals surface area contributed by atoms with Crippen molar-refractivity contribution in [3.05, 3.63) is 64.7 Å². The summed E-state index contributed by atoms with van der Waals surface area (Å²) >= 11 is 5.93. The van der Waals surface area contributed by atoms with Gasteiger partial charge in [-0.25, -0.2) is 0 Å². The smallest absolute Gasteiger partial charge is 0.224 e. The average molecular weight is 329 g/mol. The molecule has 0 spiro atoms. The second-order valence-electron chi connectivity index (χ2n) is 5.88. The minimum Gasteiger partial charge on any atom is -0.371 e. The fourth-order valence-corrected chi connectivity index (χ4v) is 3.24. The molecule has 0 aliphatic carbocycles. The topological polar surface area (TPSA) is 32.3 Å². The maximum Gasteiger partial charge on any atom is 0.224 e. The number of hydrogen-bond donors (Lipinski definition) is 1. The Labute approximate surface area is 142 Å². The number of fused-ring (bicyclic) bond motifs is 1. The van der Waals surface area contributed by atoms with Gasteiger partial charge >= 0.3 is 0 Å². The highest BCUT2D eigenvalue weighted by Crippen LogP contribution is 2.27. The molecule has 1 amide bonds. The van der Waals surface area contributed by atoms with Crippen molar-refractivity contribution in [2.45, 2.75) is 19.3 Å². The van der Waals surface area contributed by atoms with Crippen LogP contribution in [0.1, 0.15) is 17.5 Å². The third kappa shape index (κ3) is 4.26. The first-order chi connectivity index (χ1) is 11.2. The van der Waals surface area contributed by atoms with Crippen molar-refractivity contribution < 1.29 is 4.79 Å². The SMILES string of the molecule is O=C(Cc1cccc(Cl)c1)NCCCN1CCc2ccccc21. The highest BCUT2D eigenvalue weighted by Gasteiger charge is 2.17. The number of anilines is 1. The maximum absolute atomic E-state index is 12.0. The van der Waals surface area contributed by atoms with Crippen LogP contribution >= 0.6 is 11.6 Å². The molecule has 3 rings (SSSR count). The van der Waals surface area contributed by atoms with E-state index in [2.05, 4.69) is 34.5 Å². The molecule has 2 aromatic carbocycles. The highest BCUT2D eigenvalue weighted by molar-refractivity contribution is 6.30. The van der Waals surface area contributed by atoms with Gasteiger partial charge in [0.1, 0.15) is 0 Å². The predicted octanol–water partition coefficient (Wildman–Crippen LogP) is 3.45. The van der Waals surface area contributed by atoms with Crippen LogP contribution in [0.2, 0.25) is 5.02 Å². The third-order valence-electron chi connectivity index (χ3n) is 4.16. The average Bonchev–Trinajstić information content (AvgIpc) is 2.95. The van der Waals surface area contributed by atoms with Crippen molar-refractivity contribution in [3.63, 3.8) is 0 Å². The van der Waals surface area contributed by atoms with Gasteiger partial charge in [0, 0.05) is 30.3 Å². The van der Waals surface area contributed by atoms with Gasteiger partial charge in [-0.15, -0.1) is 0 Å².